The third-order valence-corrected chi connectivity index (χ3v) is 5.96. The number of alkyl halides is 3. The van der Waals surface area contributed by atoms with Crippen molar-refractivity contribution < 1.29 is 18.0 Å². The van der Waals surface area contributed by atoms with E-state index in [-0.39, 0.29) is 25.2 Å². The van der Waals surface area contributed by atoms with Gasteiger partial charge in [0.15, 0.2) is 0 Å². The maximum absolute atomic E-state index is 13.0. The van der Waals surface area contributed by atoms with Crippen molar-refractivity contribution >= 4 is 29.1 Å². The Morgan fingerprint density at radius 3 is 2.66 bits per heavy atom. The molecule has 4 nitrogen and oxygen atoms in total. The minimum absolute atomic E-state index is 0.0516. The van der Waals surface area contributed by atoms with Crippen molar-refractivity contribution in [2.75, 3.05) is 0 Å². The molecule has 1 saturated carbocycles. The maximum Gasteiger partial charge on any atom is 0.391 e. The van der Waals surface area contributed by atoms with Crippen molar-refractivity contribution in [3.05, 3.63) is 45.2 Å². The molecule has 0 bridgehead atoms. The molecule has 2 unspecified atom stereocenters. The molecule has 1 fully saturated rings. The molecule has 0 aliphatic heterocycles. The summed E-state index contributed by atoms with van der Waals surface area (Å²) >= 11 is 12.2. The maximum atomic E-state index is 13.0. The minimum atomic E-state index is -4.21. The number of hydrogen-bond donors (Lipinski definition) is 1. The van der Waals surface area contributed by atoms with E-state index >= 15 is 0 Å². The van der Waals surface area contributed by atoms with Gasteiger partial charge in [-0.05, 0) is 51.3 Å². The summed E-state index contributed by atoms with van der Waals surface area (Å²) in [6, 6.07) is 4.60. The van der Waals surface area contributed by atoms with Crippen molar-refractivity contribution in [3.8, 4) is 5.69 Å². The number of rotatable bonds is 4. The Morgan fingerprint density at radius 2 is 2.00 bits per heavy atom. The van der Waals surface area contributed by atoms with E-state index < -0.39 is 18.1 Å². The second-order valence-corrected chi connectivity index (χ2v) is 8.35. The lowest BCUT2D eigenvalue weighted by Crippen LogP contribution is -2.42. The SMILES string of the molecule is Cc1nn(-c2ccc(Cl)cc2Cl)c(C)c1CC(=O)NC1CCCC(C(F)(F)F)C1. The molecule has 1 heterocycles. The molecule has 1 amide bonds. The summed E-state index contributed by atoms with van der Waals surface area (Å²) in [5.41, 5.74) is 2.79. The number of aromatic nitrogens is 2. The first-order valence-electron chi connectivity index (χ1n) is 9.43. The smallest absolute Gasteiger partial charge is 0.353 e. The summed E-state index contributed by atoms with van der Waals surface area (Å²) in [5.74, 6) is -1.65. The Kier molecular flexibility index (Phi) is 6.48. The van der Waals surface area contributed by atoms with Crippen molar-refractivity contribution in [2.24, 2.45) is 5.92 Å². The van der Waals surface area contributed by atoms with Crippen molar-refractivity contribution in [1.82, 2.24) is 15.1 Å². The van der Waals surface area contributed by atoms with Crippen LogP contribution in [0.4, 0.5) is 13.2 Å². The van der Waals surface area contributed by atoms with E-state index in [1.165, 1.54) is 0 Å². The van der Waals surface area contributed by atoms with Gasteiger partial charge in [-0.15, -0.1) is 0 Å². The number of nitrogens with one attached hydrogen (secondary N) is 1. The first kappa shape index (κ1) is 22.0. The highest BCUT2D eigenvalue weighted by Gasteiger charge is 2.42. The minimum Gasteiger partial charge on any atom is -0.353 e. The summed E-state index contributed by atoms with van der Waals surface area (Å²) in [4.78, 5) is 12.5. The monoisotopic (exact) mass is 447 g/mol. The lowest BCUT2D eigenvalue weighted by Gasteiger charge is -2.31. The molecule has 0 saturated heterocycles. The average molecular weight is 448 g/mol. The van der Waals surface area contributed by atoms with Crippen LogP contribution in [-0.4, -0.2) is 27.9 Å². The number of aryl methyl sites for hydroxylation is 1. The van der Waals surface area contributed by atoms with E-state index in [1.54, 1.807) is 29.8 Å². The normalized spacial score (nSPS) is 20.0. The molecular weight excluding hydrogens is 426 g/mol. The predicted octanol–water partition coefficient (Wildman–Crippen LogP) is 5.58. The Bertz CT molecular complexity index is 911. The molecule has 1 aromatic heterocycles. The predicted molar refractivity (Wildman–Crippen MR) is 107 cm³/mol. The van der Waals surface area contributed by atoms with Crippen LogP contribution in [0.15, 0.2) is 18.2 Å². The molecule has 1 aromatic carbocycles. The van der Waals surface area contributed by atoms with Crippen LogP contribution in [-0.2, 0) is 11.2 Å². The topological polar surface area (TPSA) is 46.9 Å². The van der Waals surface area contributed by atoms with E-state index in [2.05, 4.69) is 10.4 Å². The molecule has 2 atom stereocenters. The Balaban J connectivity index is 1.72. The highest BCUT2D eigenvalue weighted by molar-refractivity contribution is 6.35. The van der Waals surface area contributed by atoms with Gasteiger partial charge in [0.05, 0.1) is 28.7 Å². The van der Waals surface area contributed by atoms with Crippen LogP contribution in [0, 0.1) is 19.8 Å². The zero-order chi connectivity index (χ0) is 21.3. The van der Waals surface area contributed by atoms with Crippen LogP contribution < -0.4 is 5.32 Å². The van der Waals surface area contributed by atoms with Gasteiger partial charge in [0.2, 0.25) is 5.91 Å². The molecule has 1 aliphatic carbocycles. The number of benzene rings is 1. The number of hydrogen-bond acceptors (Lipinski definition) is 2. The fourth-order valence-electron chi connectivity index (χ4n) is 3.88. The van der Waals surface area contributed by atoms with E-state index in [0.29, 0.717) is 34.3 Å². The first-order valence-corrected chi connectivity index (χ1v) is 10.2. The third-order valence-electron chi connectivity index (χ3n) is 5.42. The zero-order valence-corrected chi connectivity index (χ0v) is 17.6. The van der Waals surface area contributed by atoms with Crippen LogP contribution in [0.1, 0.15) is 42.6 Å². The summed E-state index contributed by atoms with van der Waals surface area (Å²) in [6.45, 7) is 3.62. The van der Waals surface area contributed by atoms with Gasteiger partial charge in [-0.2, -0.15) is 18.3 Å². The standard InChI is InChI=1S/C20H22Cl2F3N3O/c1-11-16(12(2)28(27-11)18-7-6-14(21)9-17(18)22)10-19(29)26-15-5-3-4-13(8-15)20(23,24)25/h6-7,9,13,15H,3-5,8,10H2,1-2H3,(H,26,29). The number of halogens is 5. The van der Waals surface area contributed by atoms with Gasteiger partial charge in [0.1, 0.15) is 0 Å². The summed E-state index contributed by atoms with van der Waals surface area (Å²) in [6.07, 6.45) is -3.07. The van der Waals surface area contributed by atoms with Gasteiger partial charge in [0.25, 0.3) is 0 Å². The zero-order valence-electron chi connectivity index (χ0n) is 16.1. The van der Waals surface area contributed by atoms with E-state index in [4.69, 9.17) is 23.2 Å². The van der Waals surface area contributed by atoms with Gasteiger partial charge < -0.3 is 5.32 Å². The molecule has 1 aliphatic rings. The fraction of sp³-hybridized carbons (Fsp3) is 0.500. The van der Waals surface area contributed by atoms with Gasteiger partial charge in [-0.1, -0.05) is 29.6 Å². The number of amides is 1. The molecule has 0 radical (unpaired) electrons. The van der Waals surface area contributed by atoms with Gasteiger partial charge in [-0.25, -0.2) is 4.68 Å². The lowest BCUT2D eigenvalue weighted by atomic mass is 9.85. The van der Waals surface area contributed by atoms with Crippen molar-refractivity contribution in [1.29, 1.82) is 0 Å². The van der Waals surface area contributed by atoms with Crippen molar-refractivity contribution in [2.45, 2.75) is 58.2 Å². The molecule has 158 valence electrons. The Hall–Kier alpha value is -1.73. The molecule has 1 N–H and O–H groups in total. The summed E-state index contributed by atoms with van der Waals surface area (Å²) < 4.78 is 40.6. The number of carbonyl (C=O) groups excluding carboxylic acids is 1. The van der Waals surface area contributed by atoms with Crippen LogP contribution in [0.25, 0.3) is 5.69 Å². The fourth-order valence-corrected chi connectivity index (χ4v) is 4.36. The van der Waals surface area contributed by atoms with E-state index in [9.17, 15) is 18.0 Å². The molecule has 29 heavy (non-hydrogen) atoms. The molecule has 2 aromatic rings. The second kappa shape index (κ2) is 8.56. The van der Waals surface area contributed by atoms with E-state index in [0.717, 1.165) is 11.3 Å². The summed E-state index contributed by atoms with van der Waals surface area (Å²) in [5, 5.41) is 8.18. The van der Waals surface area contributed by atoms with Gasteiger partial charge >= 0.3 is 6.18 Å². The molecular formula is C20H22Cl2F3N3O. The quantitative estimate of drug-likeness (QED) is 0.665. The van der Waals surface area contributed by atoms with Crippen LogP contribution in [0.2, 0.25) is 10.0 Å². The third kappa shape index (κ3) is 5.07. The Morgan fingerprint density at radius 1 is 1.28 bits per heavy atom. The highest BCUT2D eigenvalue weighted by atomic mass is 35.5. The lowest BCUT2D eigenvalue weighted by molar-refractivity contribution is -0.184. The van der Waals surface area contributed by atoms with E-state index in [1.807, 2.05) is 6.92 Å². The molecule has 3 rings (SSSR count). The van der Waals surface area contributed by atoms with Crippen LogP contribution in [0.3, 0.4) is 0 Å². The average Bonchev–Trinajstić information content (AvgIpc) is 2.89. The first-order chi connectivity index (χ1) is 13.6. The molecule has 9 heteroatoms. The molecule has 0 spiro atoms. The van der Waals surface area contributed by atoms with Gasteiger partial charge in [0, 0.05) is 22.3 Å². The number of nitrogens with zero attached hydrogens (tertiary/aromatic N) is 2. The Labute approximate surface area is 177 Å². The largest absolute Gasteiger partial charge is 0.391 e. The summed E-state index contributed by atoms with van der Waals surface area (Å²) in [7, 11) is 0. The second-order valence-electron chi connectivity index (χ2n) is 7.50. The van der Waals surface area contributed by atoms with Crippen LogP contribution >= 0.6 is 23.2 Å². The van der Waals surface area contributed by atoms with Crippen LogP contribution in [0.5, 0.6) is 0 Å². The number of carbonyl (C=O) groups is 1. The van der Waals surface area contributed by atoms with Gasteiger partial charge in [-0.3, -0.25) is 4.79 Å². The van der Waals surface area contributed by atoms with Crippen molar-refractivity contribution in [3.63, 3.8) is 0 Å². The highest BCUT2D eigenvalue weighted by Crippen LogP contribution is 2.37.